The van der Waals surface area contributed by atoms with Gasteiger partial charge in [-0.1, -0.05) is 27.7 Å². The predicted molar refractivity (Wildman–Crippen MR) is 69.3 cm³/mol. The summed E-state index contributed by atoms with van der Waals surface area (Å²) in [6.07, 6.45) is 3.79. The van der Waals surface area contributed by atoms with E-state index in [4.69, 9.17) is 0 Å². The molecule has 1 N–H and O–H groups in total. The summed E-state index contributed by atoms with van der Waals surface area (Å²) >= 11 is 0. The average Bonchev–Trinajstić information content (AvgIpc) is 2.20. The highest BCUT2D eigenvalue weighted by Gasteiger charge is 2.21. The van der Waals surface area contributed by atoms with Gasteiger partial charge in [-0.15, -0.1) is 0 Å². The number of nitrogens with one attached hydrogen (secondary N) is 1. The molecule has 0 bridgehead atoms. The minimum Gasteiger partial charge on any atom is -0.312 e. The van der Waals surface area contributed by atoms with Crippen LogP contribution in [0.15, 0.2) is 18.5 Å². The summed E-state index contributed by atoms with van der Waals surface area (Å²) in [5.74, 6) is 0.690. The molecule has 2 heteroatoms. The van der Waals surface area contributed by atoms with Gasteiger partial charge in [0.25, 0.3) is 0 Å². The van der Waals surface area contributed by atoms with Gasteiger partial charge in [-0.2, -0.15) is 0 Å². The second-order valence-electron chi connectivity index (χ2n) is 5.55. The van der Waals surface area contributed by atoms with E-state index < -0.39 is 0 Å². The third kappa shape index (κ3) is 3.60. The Bertz CT molecular complexity index is 329. The second kappa shape index (κ2) is 5.44. The molecule has 0 unspecified atom stereocenters. The normalized spacial score (nSPS) is 12.1. The summed E-state index contributed by atoms with van der Waals surface area (Å²) in [5, 5.41) is 3.52. The Hall–Kier alpha value is -0.890. The van der Waals surface area contributed by atoms with Gasteiger partial charge in [-0.3, -0.25) is 4.98 Å². The molecule has 0 atom stereocenters. The second-order valence-corrected chi connectivity index (χ2v) is 5.55. The van der Waals surface area contributed by atoms with Crippen molar-refractivity contribution in [1.29, 1.82) is 0 Å². The first-order chi connectivity index (χ1) is 7.43. The summed E-state index contributed by atoms with van der Waals surface area (Å²) in [4.78, 5) is 4.16. The van der Waals surface area contributed by atoms with Crippen molar-refractivity contribution in [3.05, 3.63) is 29.6 Å². The molecule has 0 fully saturated rings. The molecule has 0 spiro atoms. The molecule has 0 amide bonds. The number of hydrogen-bond donors (Lipinski definition) is 1. The van der Waals surface area contributed by atoms with Crippen LogP contribution in [0.2, 0.25) is 0 Å². The largest absolute Gasteiger partial charge is 0.312 e. The van der Waals surface area contributed by atoms with Crippen LogP contribution in [0.5, 0.6) is 0 Å². The Morgan fingerprint density at radius 3 is 2.62 bits per heavy atom. The van der Waals surface area contributed by atoms with E-state index in [0.717, 1.165) is 13.1 Å². The summed E-state index contributed by atoms with van der Waals surface area (Å²) in [6.45, 7) is 13.2. The molecule has 0 saturated heterocycles. The standard InChI is InChI=1S/C14H24N2/c1-11(2)14(4,5)10-16-9-13-8-15-7-6-12(13)3/h6-8,11,16H,9-10H2,1-5H3. The molecule has 0 aromatic carbocycles. The van der Waals surface area contributed by atoms with Crippen molar-refractivity contribution in [1.82, 2.24) is 10.3 Å². The van der Waals surface area contributed by atoms with E-state index >= 15 is 0 Å². The fraction of sp³-hybridized carbons (Fsp3) is 0.643. The maximum absolute atomic E-state index is 4.16. The fourth-order valence-corrected chi connectivity index (χ4v) is 1.41. The third-order valence-electron chi connectivity index (χ3n) is 3.61. The monoisotopic (exact) mass is 220 g/mol. The summed E-state index contributed by atoms with van der Waals surface area (Å²) < 4.78 is 0. The Kier molecular flexibility index (Phi) is 4.48. The van der Waals surface area contributed by atoms with Crippen LogP contribution >= 0.6 is 0 Å². The predicted octanol–water partition coefficient (Wildman–Crippen LogP) is 3.16. The van der Waals surface area contributed by atoms with E-state index in [9.17, 15) is 0 Å². The molecule has 0 aliphatic rings. The van der Waals surface area contributed by atoms with Gasteiger partial charge in [-0.25, -0.2) is 0 Å². The van der Waals surface area contributed by atoms with Crippen LogP contribution in [-0.2, 0) is 6.54 Å². The Morgan fingerprint density at radius 2 is 2.06 bits per heavy atom. The quantitative estimate of drug-likeness (QED) is 0.824. The van der Waals surface area contributed by atoms with E-state index in [0.29, 0.717) is 11.3 Å². The number of hydrogen-bond acceptors (Lipinski definition) is 2. The van der Waals surface area contributed by atoms with Crippen molar-refractivity contribution in [2.75, 3.05) is 6.54 Å². The lowest BCUT2D eigenvalue weighted by atomic mass is 9.81. The molecule has 16 heavy (non-hydrogen) atoms. The fourth-order valence-electron chi connectivity index (χ4n) is 1.41. The minimum absolute atomic E-state index is 0.343. The zero-order chi connectivity index (χ0) is 12.2. The van der Waals surface area contributed by atoms with E-state index in [1.54, 1.807) is 0 Å². The number of aryl methyl sites for hydroxylation is 1. The first-order valence-corrected chi connectivity index (χ1v) is 6.03. The summed E-state index contributed by atoms with van der Waals surface area (Å²) in [7, 11) is 0. The van der Waals surface area contributed by atoms with Crippen LogP contribution in [-0.4, -0.2) is 11.5 Å². The number of aromatic nitrogens is 1. The molecule has 90 valence electrons. The Morgan fingerprint density at radius 1 is 1.38 bits per heavy atom. The van der Waals surface area contributed by atoms with E-state index in [-0.39, 0.29) is 0 Å². The lowest BCUT2D eigenvalue weighted by Crippen LogP contribution is -2.33. The molecule has 1 heterocycles. The summed E-state index contributed by atoms with van der Waals surface area (Å²) in [5.41, 5.74) is 2.95. The SMILES string of the molecule is Cc1ccncc1CNCC(C)(C)C(C)C. The molecular formula is C14H24N2. The smallest absolute Gasteiger partial charge is 0.0315 e. The van der Waals surface area contributed by atoms with Gasteiger partial charge in [-0.05, 0) is 35.4 Å². The summed E-state index contributed by atoms with van der Waals surface area (Å²) in [6, 6.07) is 2.06. The molecular weight excluding hydrogens is 196 g/mol. The van der Waals surface area contributed by atoms with Crippen LogP contribution < -0.4 is 5.32 Å². The van der Waals surface area contributed by atoms with Gasteiger partial charge >= 0.3 is 0 Å². The molecule has 1 rings (SSSR count). The number of pyridine rings is 1. The molecule has 0 saturated carbocycles. The number of nitrogens with zero attached hydrogens (tertiary/aromatic N) is 1. The van der Waals surface area contributed by atoms with Gasteiger partial charge in [0.2, 0.25) is 0 Å². The maximum atomic E-state index is 4.16. The van der Waals surface area contributed by atoms with Gasteiger partial charge in [0.1, 0.15) is 0 Å². The molecule has 1 aromatic rings. The zero-order valence-electron chi connectivity index (χ0n) is 11.2. The van der Waals surface area contributed by atoms with Crippen molar-refractivity contribution in [3.8, 4) is 0 Å². The first kappa shape index (κ1) is 13.2. The van der Waals surface area contributed by atoms with Gasteiger partial charge in [0.15, 0.2) is 0 Å². The van der Waals surface area contributed by atoms with Gasteiger partial charge in [0, 0.05) is 25.5 Å². The van der Waals surface area contributed by atoms with Crippen molar-refractivity contribution in [2.24, 2.45) is 11.3 Å². The molecule has 2 nitrogen and oxygen atoms in total. The van der Waals surface area contributed by atoms with Crippen molar-refractivity contribution < 1.29 is 0 Å². The van der Waals surface area contributed by atoms with Crippen LogP contribution in [0.25, 0.3) is 0 Å². The third-order valence-corrected chi connectivity index (χ3v) is 3.61. The Labute approximate surface area is 99.5 Å². The van der Waals surface area contributed by atoms with Crippen LogP contribution in [0.1, 0.15) is 38.8 Å². The van der Waals surface area contributed by atoms with Crippen molar-refractivity contribution in [3.63, 3.8) is 0 Å². The molecule has 0 aliphatic heterocycles. The van der Waals surface area contributed by atoms with Crippen LogP contribution in [0.4, 0.5) is 0 Å². The highest BCUT2D eigenvalue weighted by Crippen LogP contribution is 2.24. The van der Waals surface area contributed by atoms with Crippen LogP contribution in [0, 0.1) is 18.3 Å². The van der Waals surface area contributed by atoms with Gasteiger partial charge in [0.05, 0.1) is 0 Å². The maximum Gasteiger partial charge on any atom is 0.0315 e. The lowest BCUT2D eigenvalue weighted by Gasteiger charge is -2.29. The lowest BCUT2D eigenvalue weighted by molar-refractivity contribution is 0.238. The van der Waals surface area contributed by atoms with Crippen molar-refractivity contribution >= 4 is 0 Å². The zero-order valence-corrected chi connectivity index (χ0v) is 11.2. The van der Waals surface area contributed by atoms with E-state index in [1.807, 2.05) is 12.4 Å². The van der Waals surface area contributed by atoms with E-state index in [1.165, 1.54) is 11.1 Å². The average molecular weight is 220 g/mol. The molecule has 0 radical (unpaired) electrons. The van der Waals surface area contributed by atoms with Crippen molar-refractivity contribution in [2.45, 2.75) is 41.2 Å². The highest BCUT2D eigenvalue weighted by atomic mass is 14.9. The van der Waals surface area contributed by atoms with E-state index in [2.05, 4.69) is 51.0 Å². The van der Waals surface area contributed by atoms with Crippen LogP contribution in [0.3, 0.4) is 0 Å². The number of rotatable bonds is 5. The highest BCUT2D eigenvalue weighted by molar-refractivity contribution is 5.20. The topological polar surface area (TPSA) is 24.9 Å². The first-order valence-electron chi connectivity index (χ1n) is 6.03. The minimum atomic E-state index is 0.343. The molecule has 0 aliphatic carbocycles. The van der Waals surface area contributed by atoms with Gasteiger partial charge < -0.3 is 5.32 Å². The Balaban J connectivity index is 2.45. The molecule has 1 aromatic heterocycles.